The van der Waals surface area contributed by atoms with E-state index in [1.54, 1.807) is 11.1 Å². The lowest BCUT2D eigenvalue weighted by molar-refractivity contribution is 0.0750. The highest BCUT2D eigenvalue weighted by molar-refractivity contribution is 5.94. The fourth-order valence-electron chi connectivity index (χ4n) is 2.16. The van der Waals surface area contributed by atoms with E-state index < -0.39 is 11.6 Å². The minimum Gasteiger partial charge on any atom is -0.328 e. The Morgan fingerprint density at radius 3 is 2.74 bits per heavy atom. The Bertz CT molecular complexity index is 633. The number of nitrogens with zero attached hydrogens (tertiary/aromatic N) is 2. The van der Waals surface area contributed by atoms with Crippen LogP contribution in [0.5, 0.6) is 0 Å². The van der Waals surface area contributed by atoms with Crippen LogP contribution in [0.25, 0.3) is 0 Å². The van der Waals surface area contributed by atoms with E-state index in [4.69, 9.17) is 0 Å². The Labute approximate surface area is 108 Å². The van der Waals surface area contributed by atoms with Crippen molar-refractivity contribution in [2.24, 2.45) is 0 Å². The van der Waals surface area contributed by atoms with Crippen LogP contribution < -0.4 is 0 Å². The molecule has 2 aromatic rings. The van der Waals surface area contributed by atoms with Gasteiger partial charge in [-0.15, -0.1) is 0 Å². The second kappa shape index (κ2) is 4.42. The van der Waals surface area contributed by atoms with Gasteiger partial charge in [-0.3, -0.25) is 9.78 Å². The molecule has 0 N–H and O–H groups in total. The van der Waals surface area contributed by atoms with Crippen LogP contribution in [0.3, 0.4) is 0 Å². The van der Waals surface area contributed by atoms with Crippen LogP contribution in [0.1, 0.15) is 21.6 Å². The van der Waals surface area contributed by atoms with Gasteiger partial charge in [0.05, 0.1) is 12.2 Å². The van der Waals surface area contributed by atoms with Gasteiger partial charge in [-0.2, -0.15) is 0 Å². The minimum atomic E-state index is -1.01. The normalized spacial score (nSPS) is 13.5. The van der Waals surface area contributed by atoms with Crippen molar-refractivity contribution < 1.29 is 13.6 Å². The zero-order valence-electron chi connectivity index (χ0n) is 9.94. The summed E-state index contributed by atoms with van der Waals surface area (Å²) >= 11 is 0. The van der Waals surface area contributed by atoms with Gasteiger partial charge in [-0.05, 0) is 29.8 Å². The third kappa shape index (κ3) is 2.07. The first-order valence-electron chi connectivity index (χ1n) is 5.82. The third-order valence-corrected chi connectivity index (χ3v) is 3.14. The number of benzene rings is 1. The largest absolute Gasteiger partial charge is 0.328 e. The van der Waals surface area contributed by atoms with Gasteiger partial charge in [0.2, 0.25) is 0 Å². The Hall–Kier alpha value is -2.30. The minimum absolute atomic E-state index is 0.145. The van der Waals surface area contributed by atoms with E-state index in [-0.39, 0.29) is 11.5 Å². The molecule has 3 rings (SSSR count). The molecule has 1 amide bonds. The van der Waals surface area contributed by atoms with E-state index in [2.05, 4.69) is 4.98 Å². The predicted molar refractivity (Wildman–Crippen MR) is 64.2 cm³/mol. The van der Waals surface area contributed by atoms with Crippen molar-refractivity contribution in [1.82, 2.24) is 9.88 Å². The molecule has 5 heteroatoms. The number of halogens is 2. The van der Waals surface area contributed by atoms with E-state index in [1.165, 1.54) is 6.07 Å². The average Bonchev–Trinajstić information content (AvgIpc) is 2.85. The van der Waals surface area contributed by atoms with E-state index in [1.807, 2.05) is 12.1 Å². The molecule has 96 valence electrons. The molecule has 0 saturated carbocycles. The number of hydrogen-bond donors (Lipinski definition) is 0. The molecule has 1 aromatic carbocycles. The van der Waals surface area contributed by atoms with Gasteiger partial charge in [0.15, 0.2) is 11.6 Å². The van der Waals surface area contributed by atoms with Crippen molar-refractivity contribution in [2.45, 2.75) is 13.1 Å². The van der Waals surface area contributed by atoms with Crippen LogP contribution in [-0.4, -0.2) is 15.8 Å². The predicted octanol–water partition coefficient (Wildman–Crippen LogP) is 2.52. The first-order valence-corrected chi connectivity index (χ1v) is 5.82. The Morgan fingerprint density at radius 2 is 2.00 bits per heavy atom. The molecule has 1 aromatic heterocycles. The highest BCUT2D eigenvalue weighted by Crippen LogP contribution is 2.22. The summed E-state index contributed by atoms with van der Waals surface area (Å²) in [7, 11) is 0. The monoisotopic (exact) mass is 260 g/mol. The number of pyridine rings is 1. The molecule has 2 heterocycles. The number of rotatable bonds is 1. The molecule has 0 bridgehead atoms. The van der Waals surface area contributed by atoms with Gasteiger partial charge in [0.1, 0.15) is 0 Å². The van der Waals surface area contributed by atoms with Crippen molar-refractivity contribution in [1.29, 1.82) is 0 Å². The summed E-state index contributed by atoms with van der Waals surface area (Å²) in [5.41, 5.74) is 1.98. The first-order chi connectivity index (χ1) is 9.15. The molecule has 0 aliphatic carbocycles. The highest BCUT2D eigenvalue weighted by Gasteiger charge is 2.25. The van der Waals surface area contributed by atoms with Gasteiger partial charge < -0.3 is 4.90 Å². The summed E-state index contributed by atoms with van der Waals surface area (Å²) in [4.78, 5) is 17.9. The second-order valence-corrected chi connectivity index (χ2v) is 4.40. The van der Waals surface area contributed by atoms with Crippen LogP contribution in [-0.2, 0) is 13.1 Å². The lowest BCUT2D eigenvalue weighted by atomic mass is 10.2. The number of hydrogen-bond acceptors (Lipinski definition) is 2. The van der Waals surface area contributed by atoms with Crippen LogP contribution in [0, 0.1) is 11.6 Å². The SMILES string of the molecule is O=C(c1ccc(F)c(F)c1)N1Cc2cccnc2C1. The molecule has 0 radical (unpaired) electrons. The van der Waals surface area contributed by atoms with Gasteiger partial charge in [-0.25, -0.2) is 8.78 Å². The van der Waals surface area contributed by atoms with Crippen LogP contribution in [0.2, 0.25) is 0 Å². The number of carbonyl (C=O) groups is 1. The van der Waals surface area contributed by atoms with Crippen molar-refractivity contribution in [2.75, 3.05) is 0 Å². The number of aromatic nitrogens is 1. The van der Waals surface area contributed by atoms with Crippen molar-refractivity contribution in [3.8, 4) is 0 Å². The third-order valence-electron chi connectivity index (χ3n) is 3.14. The zero-order valence-corrected chi connectivity index (χ0v) is 9.94. The molecule has 3 nitrogen and oxygen atoms in total. The standard InChI is InChI=1S/C14H10F2N2O/c15-11-4-3-9(6-12(11)16)14(19)18-7-10-2-1-5-17-13(10)8-18/h1-6H,7-8H2. The summed E-state index contributed by atoms with van der Waals surface area (Å²) in [6.45, 7) is 0.842. The molecule has 0 unspecified atom stereocenters. The number of amides is 1. The molecular weight excluding hydrogens is 250 g/mol. The molecule has 0 atom stereocenters. The first kappa shape index (κ1) is 11.8. The molecule has 0 spiro atoms. The van der Waals surface area contributed by atoms with E-state index in [0.29, 0.717) is 13.1 Å². The Morgan fingerprint density at radius 1 is 1.16 bits per heavy atom. The Kier molecular flexibility index (Phi) is 2.74. The zero-order chi connectivity index (χ0) is 13.4. The maximum atomic E-state index is 13.1. The number of fused-ring (bicyclic) bond motifs is 1. The average molecular weight is 260 g/mol. The van der Waals surface area contributed by atoms with Gasteiger partial charge in [0, 0.05) is 18.3 Å². The van der Waals surface area contributed by atoms with Crippen LogP contribution in [0.15, 0.2) is 36.5 Å². The molecular formula is C14H10F2N2O. The lowest BCUT2D eigenvalue weighted by Crippen LogP contribution is -2.25. The molecule has 0 saturated heterocycles. The van der Waals surface area contributed by atoms with Crippen LogP contribution in [0.4, 0.5) is 8.78 Å². The topological polar surface area (TPSA) is 33.2 Å². The molecule has 0 fully saturated rings. The van der Waals surface area contributed by atoms with Gasteiger partial charge in [0.25, 0.3) is 5.91 Å². The molecule has 1 aliphatic heterocycles. The second-order valence-electron chi connectivity index (χ2n) is 4.40. The summed E-state index contributed by atoms with van der Waals surface area (Å²) in [6, 6.07) is 6.89. The molecule has 1 aliphatic rings. The summed E-state index contributed by atoms with van der Waals surface area (Å²) < 4.78 is 26.0. The van der Waals surface area contributed by atoms with E-state index in [0.717, 1.165) is 23.4 Å². The summed E-state index contributed by atoms with van der Waals surface area (Å²) in [5, 5.41) is 0. The van der Waals surface area contributed by atoms with Crippen molar-refractivity contribution in [3.63, 3.8) is 0 Å². The van der Waals surface area contributed by atoms with Gasteiger partial charge >= 0.3 is 0 Å². The van der Waals surface area contributed by atoms with Crippen molar-refractivity contribution >= 4 is 5.91 Å². The summed E-state index contributed by atoms with van der Waals surface area (Å²) in [5.74, 6) is -2.29. The quantitative estimate of drug-likeness (QED) is 0.789. The fraction of sp³-hybridized carbons (Fsp3) is 0.143. The Balaban J connectivity index is 1.85. The maximum absolute atomic E-state index is 13.1. The van der Waals surface area contributed by atoms with E-state index >= 15 is 0 Å². The summed E-state index contributed by atoms with van der Waals surface area (Å²) in [6.07, 6.45) is 1.67. The van der Waals surface area contributed by atoms with Crippen molar-refractivity contribution in [3.05, 3.63) is 65.0 Å². The van der Waals surface area contributed by atoms with Crippen LogP contribution >= 0.6 is 0 Å². The smallest absolute Gasteiger partial charge is 0.254 e. The van der Waals surface area contributed by atoms with E-state index in [9.17, 15) is 13.6 Å². The fourth-order valence-corrected chi connectivity index (χ4v) is 2.16. The molecule has 19 heavy (non-hydrogen) atoms. The highest BCUT2D eigenvalue weighted by atomic mass is 19.2. The maximum Gasteiger partial charge on any atom is 0.254 e. The lowest BCUT2D eigenvalue weighted by Gasteiger charge is -2.15. The number of carbonyl (C=O) groups excluding carboxylic acids is 1. The van der Waals surface area contributed by atoms with Gasteiger partial charge in [-0.1, -0.05) is 6.07 Å².